The minimum atomic E-state index is 1.30. The van der Waals surface area contributed by atoms with E-state index < -0.39 is 0 Å². The normalized spacial score (nSPS) is 9.88. The molecule has 0 saturated heterocycles. The highest BCUT2D eigenvalue weighted by Crippen LogP contribution is 2.17. The first-order chi connectivity index (χ1) is 3.72. The molecule has 0 N–H and O–H groups in total. The van der Waals surface area contributed by atoms with Crippen LogP contribution in [0.5, 0.6) is 0 Å². The molecule has 0 aliphatic heterocycles. The van der Waals surface area contributed by atoms with E-state index in [0.717, 1.165) is 0 Å². The second-order valence-corrected chi connectivity index (χ2v) is 3.03. The zero-order valence-corrected chi connectivity index (χ0v) is 6.22. The van der Waals surface area contributed by atoms with Gasteiger partial charge in [-0.15, -0.1) is 11.3 Å². The lowest BCUT2D eigenvalue weighted by Gasteiger charge is -1.86. The number of rotatable bonds is 0. The van der Waals surface area contributed by atoms with E-state index in [1.807, 2.05) is 0 Å². The maximum atomic E-state index is 3.18. The molecule has 0 nitrogen and oxygen atoms in total. The number of aryl methyl sites for hydroxylation is 2. The van der Waals surface area contributed by atoms with Crippen molar-refractivity contribution in [1.82, 2.24) is 0 Å². The van der Waals surface area contributed by atoms with E-state index in [-0.39, 0.29) is 0 Å². The van der Waals surface area contributed by atoms with Crippen molar-refractivity contribution in [2.45, 2.75) is 20.8 Å². The third-order valence-corrected chi connectivity index (χ3v) is 2.47. The van der Waals surface area contributed by atoms with Crippen molar-refractivity contribution in [1.29, 1.82) is 0 Å². The van der Waals surface area contributed by atoms with Gasteiger partial charge in [0.25, 0.3) is 0 Å². The quantitative estimate of drug-likeness (QED) is 0.499. The standard InChI is InChI=1S/C7H9S/c1-5-4-8-7(3)6(5)2/h1-3H3. The third-order valence-electron chi connectivity index (χ3n) is 1.45. The van der Waals surface area contributed by atoms with Crippen LogP contribution >= 0.6 is 11.3 Å². The molecule has 43 valence electrons. The molecule has 0 saturated carbocycles. The topological polar surface area (TPSA) is 0 Å². The van der Waals surface area contributed by atoms with Crippen molar-refractivity contribution in [2.75, 3.05) is 0 Å². The molecule has 1 rings (SSSR count). The zero-order valence-electron chi connectivity index (χ0n) is 5.41. The van der Waals surface area contributed by atoms with Crippen LogP contribution in [0.4, 0.5) is 0 Å². The summed E-state index contributed by atoms with van der Waals surface area (Å²) in [6.45, 7) is 6.36. The van der Waals surface area contributed by atoms with Gasteiger partial charge in [0, 0.05) is 10.3 Å². The van der Waals surface area contributed by atoms with E-state index >= 15 is 0 Å². The van der Waals surface area contributed by atoms with Crippen LogP contribution in [0.1, 0.15) is 16.0 Å². The summed E-state index contributed by atoms with van der Waals surface area (Å²) in [5.41, 5.74) is 2.70. The summed E-state index contributed by atoms with van der Waals surface area (Å²) in [6, 6.07) is 0. The van der Waals surface area contributed by atoms with Gasteiger partial charge in [-0.05, 0) is 31.9 Å². The minimum absolute atomic E-state index is 1.30. The highest BCUT2D eigenvalue weighted by molar-refractivity contribution is 7.09. The maximum absolute atomic E-state index is 3.18. The van der Waals surface area contributed by atoms with Gasteiger partial charge in [0.2, 0.25) is 0 Å². The molecule has 0 unspecified atom stereocenters. The van der Waals surface area contributed by atoms with Crippen LogP contribution in [0.15, 0.2) is 0 Å². The van der Waals surface area contributed by atoms with E-state index in [9.17, 15) is 0 Å². The average molecular weight is 125 g/mol. The Labute approximate surface area is 54.2 Å². The van der Waals surface area contributed by atoms with Crippen LogP contribution in [0.25, 0.3) is 0 Å². The van der Waals surface area contributed by atoms with Gasteiger partial charge in [0.1, 0.15) is 0 Å². The summed E-state index contributed by atoms with van der Waals surface area (Å²) in [4.78, 5) is 1.39. The number of hydrogen-bond donors (Lipinski definition) is 0. The van der Waals surface area contributed by atoms with Crippen LogP contribution in [0.2, 0.25) is 0 Å². The van der Waals surface area contributed by atoms with Crippen LogP contribution in [0.3, 0.4) is 0 Å². The van der Waals surface area contributed by atoms with Crippen molar-refractivity contribution in [3.8, 4) is 0 Å². The second-order valence-electron chi connectivity index (χ2n) is 2.01. The van der Waals surface area contributed by atoms with Crippen LogP contribution in [-0.2, 0) is 0 Å². The Hall–Kier alpha value is -0.300. The van der Waals surface area contributed by atoms with Crippen molar-refractivity contribution in [3.05, 3.63) is 21.4 Å². The molecule has 0 atom stereocenters. The lowest BCUT2D eigenvalue weighted by atomic mass is 10.2. The van der Waals surface area contributed by atoms with Crippen LogP contribution in [-0.4, -0.2) is 0 Å². The minimum Gasteiger partial charge on any atom is -0.139 e. The highest BCUT2D eigenvalue weighted by atomic mass is 32.1. The predicted molar refractivity (Wildman–Crippen MR) is 37.4 cm³/mol. The van der Waals surface area contributed by atoms with Gasteiger partial charge in [-0.3, -0.25) is 0 Å². The number of thiophene rings is 1. The summed E-state index contributed by atoms with van der Waals surface area (Å²) >= 11 is 1.71. The van der Waals surface area contributed by atoms with Crippen molar-refractivity contribution < 1.29 is 0 Å². The first kappa shape index (κ1) is 5.83. The lowest BCUT2D eigenvalue weighted by molar-refractivity contribution is 1.35. The Morgan fingerprint density at radius 1 is 1.25 bits per heavy atom. The third kappa shape index (κ3) is 0.781. The van der Waals surface area contributed by atoms with Gasteiger partial charge >= 0.3 is 0 Å². The SMILES string of the molecule is Cc1[c]sc(C)c1C. The Bertz CT molecular complexity index is 167. The van der Waals surface area contributed by atoms with Gasteiger partial charge in [-0.25, -0.2) is 0 Å². The van der Waals surface area contributed by atoms with Crippen molar-refractivity contribution in [3.63, 3.8) is 0 Å². The molecule has 0 aliphatic rings. The van der Waals surface area contributed by atoms with E-state index in [2.05, 4.69) is 26.2 Å². The largest absolute Gasteiger partial charge is 0.139 e. The molecule has 0 fully saturated rings. The monoisotopic (exact) mass is 125 g/mol. The lowest BCUT2D eigenvalue weighted by Crippen LogP contribution is -1.70. The fourth-order valence-corrected chi connectivity index (χ4v) is 1.34. The molecular weight excluding hydrogens is 116 g/mol. The molecule has 1 aromatic heterocycles. The van der Waals surface area contributed by atoms with Gasteiger partial charge in [0.15, 0.2) is 0 Å². The van der Waals surface area contributed by atoms with Crippen LogP contribution in [0, 0.1) is 26.2 Å². The van der Waals surface area contributed by atoms with E-state index in [1.54, 1.807) is 11.3 Å². The molecule has 0 amide bonds. The summed E-state index contributed by atoms with van der Waals surface area (Å²) in [7, 11) is 0. The van der Waals surface area contributed by atoms with Crippen molar-refractivity contribution >= 4 is 11.3 Å². The summed E-state index contributed by atoms with van der Waals surface area (Å²) < 4.78 is 0. The Morgan fingerprint density at radius 3 is 2.00 bits per heavy atom. The molecule has 1 heteroatoms. The second kappa shape index (κ2) is 1.90. The Morgan fingerprint density at radius 2 is 1.88 bits per heavy atom. The van der Waals surface area contributed by atoms with E-state index in [4.69, 9.17) is 0 Å². The smallest absolute Gasteiger partial charge is 0.0480 e. The average Bonchev–Trinajstić information content (AvgIpc) is 1.98. The summed E-state index contributed by atoms with van der Waals surface area (Å²) in [6.07, 6.45) is 0. The molecule has 0 aliphatic carbocycles. The maximum Gasteiger partial charge on any atom is 0.0480 e. The fraction of sp³-hybridized carbons (Fsp3) is 0.429. The molecule has 0 spiro atoms. The molecular formula is C7H9S. The van der Waals surface area contributed by atoms with Crippen LogP contribution < -0.4 is 0 Å². The van der Waals surface area contributed by atoms with Crippen molar-refractivity contribution in [2.24, 2.45) is 0 Å². The zero-order chi connectivity index (χ0) is 6.15. The predicted octanol–water partition coefficient (Wildman–Crippen LogP) is 2.47. The molecule has 1 radical (unpaired) electrons. The molecule has 1 heterocycles. The highest BCUT2D eigenvalue weighted by Gasteiger charge is 1.96. The Balaban J connectivity index is 3.19. The van der Waals surface area contributed by atoms with E-state index in [0.29, 0.717) is 0 Å². The first-order valence-electron chi connectivity index (χ1n) is 2.66. The van der Waals surface area contributed by atoms with Gasteiger partial charge in [-0.1, -0.05) is 0 Å². The van der Waals surface area contributed by atoms with Gasteiger partial charge < -0.3 is 0 Å². The van der Waals surface area contributed by atoms with Gasteiger partial charge in [0.05, 0.1) is 0 Å². The molecule has 1 aromatic rings. The fourth-order valence-electron chi connectivity index (χ4n) is 0.570. The first-order valence-corrected chi connectivity index (χ1v) is 3.47. The molecule has 8 heavy (non-hydrogen) atoms. The van der Waals surface area contributed by atoms with Gasteiger partial charge in [-0.2, -0.15) is 0 Å². The Kier molecular flexibility index (Phi) is 1.39. The summed E-state index contributed by atoms with van der Waals surface area (Å²) in [5, 5.41) is 3.18. The molecule has 0 aromatic carbocycles. The number of hydrogen-bond acceptors (Lipinski definition) is 1. The molecule has 0 bridgehead atoms. The summed E-state index contributed by atoms with van der Waals surface area (Å²) in [5.74, 6) is 0. The van der Waals surface area contributed by atoms with E-state index in [1.165, 1.54) is 16.0 Å².